The maximum atomic E-state index is 6.17. The van der Waals surface area contributed by atoms with E-state index < -0.39 is 0 Å². The monoisotopic (exact) mass is 255 g/mol. The first-order valence-corrected chi connectivity index (χ1v) is 6.34. The minimum atomic E-state index is 0.147. The van der Waals surface area contributed by atoms with E-state index in [4.69, 9.17) is 16.3 Å². The van der Waals surface area contributed by atoms with Gasteiger partial charge in [-0.15, -0.1) is 0 Å². The second kappa shape index (κ2) is 5.74. The van der Waals surface area contributed by atoms with Crippen LogP contribution in [0.3, 0.4) is 0 Å². The van der Waals surface area contributed by atoms with Gasteiger partial charge in [0.2, 0.25) is 0 Å². The minimum absolute atomic E-state index is 0.147. The Balaban J connectivity index is 3.07. The van der Waals surface area contributed by atoms with Crippen LogP contribution in [0.1, 0.15) is 39.3 Å². The molecule has 0 aliphatic heterocycles. The fraction of sp³-hybridized carbons (Fsp3) is 0.571. The van der Waals surface area contributed by atoms with Gasteiger partial charge in [-0.05, 0) is 29.7 Å². The van der Waals surface area contributed by atoms with E-state index in [-0.39, 0.29) is 11.5 Å². The summed E-state index contributed by atoms with van der Waals surface area (Å²) in [4.78, 5) is 0. The number of nitrogens with one attached hydrogen (secondary N) is 1. The predicted octanol–water partition coefficient (Wildman–Crippen LogP) is 4.05. The highest BCUT2D eigenvalue weighted by molar-refractivity contribution is 6.32. The van der Waals surface area contributed by atoms with Crippen molar-refractivity contribution >= 4 is 11.6 Å². The van der Waals surface area contributed by atoms with Crippen molar-refractivity contribution in [1.29, 1.82) is 0 Å². The van der Waals surface area contributed by atoms with Gasteiger partial charge in [-0.3, -0.25) is 0 Å². The van der Waals surface area contributed by atoms with E-state index in [1.807, 2.05) is 12.1 Å². The molecule has 0 bridgehead atoms. The molecule has 0 amide bonds. The number of hydrogen-bond acceptors (Lipinski definition) is 2. The smallest absolute Gasteiger partial charge is 0.137 e. The van der Waals surface area contributed by atoms with E-state index in [0.29, 0.717) is 5.02 Å². The molecule has 2 nitrogen and oxygen atoms in total. The van der Waals surface area contributed by atoms with Crippen molar-refractivity contribution in [1.82, 2.24) is 5.32 Å². The molecule has 1 N–H and O–H groups in total. The summed E-state index contributed by atoms with van der Waals surface area (Å²) in [7, 11) is 1.63. The Morgan fingerprint density at radius 3 is 2.41 bits per heavy atom. The molecule has 0 saturated heterocycles. The van der Waals surface area contributed by atoms with Gasteiger partial charge >= 0.3 is 0 Å². The van der Waals surface area contributed by atoms with Crippen LogP contribution in [-0.2, 0) is 0 Å². The average Bonchev–Trinajstić information content (AvgIpc) is 2.24. The molecule has 96 valence electrons. The maximum Gasteiger partial charge on any atom is 0.137 e. The third-order valence-electron chi connectivity index (χ3n) is 2.78. The van der Waals surface area contributed by atoms with Crippen molar-refractivity contribution in [2.75, 3.05) is 13.7 Å². The van der Waals surface area contributed by atoms with Gasteiger partial charge in [0.25, 0.3) is 0 Å². The highest BCUT2D eigenvalue weighted by atomic mass is 35.5. The van der Waals surface area contributed by atoms with Gasteiger partial charge in [-0.2, -0.15) is 0 Å². The number of ether oxygens (including phenoxy) is 1. The number of rotatable bonds is 4. The first-order chi connectivity index (χ1) is 7.90. The lowest BCUT2D eigenvalue weighted by Crippen LogP contribution is -2.32. The topological polar surface area (TPSA) is 21.3 Å². The quantitative estimate of drug-likeness (QED) is 0.877. The fourth-order valence-corrected chi connectivity index (χ4v) is 2.26. The molecular formula is C14H22ClNO. The van der Waals surface area contributed by atoms with E-state index >= 15 is 0 Å². The van der Waals surface area contributed by atoms with Crippen molar-refractivity contribution in [3.8, 4) is 5.75 Å². The van der Waals surface area contributed by atoms with E-state index in [0.717, 1.165) is 12.3 Å². The second-order valence-electron chi connectivity index (χ2n) is 5.25. The molecule has 0 heterocycles. The molecule has 0 radical (unpaired) electrons. The van der Waals surface area contributed by atoms with E-state index in [1.165, 1.54) is 5.56 Å². The summed E-state index contributed by atoms with van der Waals surface area (Å²) in [6, 6.07) is 6.27. The van der Waals surface area contributed by atoms with Gasteiger partial charge in [0, 0.05) is 6.04 Å². The molecule has 1 unspecified atom stereocenters. The molecule has 0 aromatic heterocycles. The van der Waals surface area contributed by atoms with Gasteiger partial charge in [0.15, 0.2) is 0 Å². The number of hydrogen-bond donors (Lipinski definition) is 1. The van der Waals surface area contributed by atoms with E-state index in [1.54, 1.807) is 7.11 Å². The first-order valence-electron chi connectivity index (χ1n) is 5.97. The van der Waals surface area contributed by atoms with Crippen molar-refractivity contribution in [2.24, 2.45) is 5.41 Å². The van der Waals surface area contributed by atoms with Crippen LogP contribution in [0.5, 0.6) is 5.75 Å². The molecule has 0 aliphatic carbocycles. The Morgan fingerprint density at radius 2 is 2.00 bits per heavy atom. The summed E-state index contributed by atoms with van der Waals surface area (Å²) < 4.78 is 5.17. The van der Waals surface area contributed by atoms with Crippen molar-refractivity contribution in [3.05, 3.63) is 28.8 Å². The molecule has 17 heavy (non-hydrogen) atoms. The molecule has 1 atom stereocenters. The number of methoxy groups -OCH3 is 1. The molecule has 1 aromatic rings. The average molecular weight is 256 g/mol. The standard InChI is InChI=1S/C14H22ClNO/c1-6-16-13(14(2,3)4)10-7-8-12(17-5)11(15)9-10/h7-9,13,16H,6H2,1-5H3. The van der Waals surface area contributed by atoms with Crippen LogP contribution in [0.25, 0.3) is 0 Å². The third kappa shape index (κ3) is 3.62. The fourth-order valence-electron chi connectivity index (χ4n) is 1.99. The highest BCUT2D eigenvalue weighted by Crippen LogP contribution is 2.35. The lowest BCUT2D eigenvalue weighted by Gasteiger charge is -2.32. The normalized spacial score (nSPS) is 13.5. The summed E-state index contributed by atoms with van der Waals surface area (Å²) in [6.07, 6.45) is 0. The third-order valence-corrected chi connectivity index (χ3v) is 3.08. The van der Waals surface area contributed by atoms with Crippen LogP contribution in [0.15, 0.2) is 18.2 Å². The Morgan fingerprint density at radius 1 is 1.35 bits per heavy atom. The van der Waals surface area contributed by atoms with Crippen LogP contribution < -0.4 is 10.1 Å². The molecule has 0 saturated carbocycles. The molecule has 0 spiro atoms. The zero-order valence-electron chi connectivity index (χ0n) is 11.3. The summed E-state index contributed by atoms with van der Waals surface area (Å²) in [5, 5.41) is 4.17. The zero-order valence-corrected chi connectivity index (χ0v) is 12.1. The van der Waals surface area contributed by atoms with Gasteiger partial charge < -0.3 is 10.1 Å². The predicted molar refractivity (Wildman–Crippen MR) is 73.9 cm³/mol. The van der Waals surface area contributed by atoms with Gasteiger partial charge in [0.1, 0.15) is 5.75 Å². The summed E-state index contributed by atoms with van der Waals surface area (Å²) >= 11 is 6.17. The molecule has 1 aromatic carbocycles. The van der Waals surface area contributed by atoms with E-state index in [2.05, 4.69) is 39.1 Å². The Labute approximate surface area is 109 Å². The van der Waals surface area contributed by atoms with Crippen molar-refractivity contribution < 1.29 is 4.74 Å². The van der Waals surface area contributed by atoms with Crippen molar-refractivity contribution in [2.45, 2.75) is 33.7 Å². The lowest BCUT2D eigenvalue weighted by atomic mass is 9.82. The second-order valence-corrected chi connectivity index (χ2v) is 5.66. The van der Waals surface area contributed by atoms with Crippen LogP contribution in [-0.4, -0.2) is 13.7 Å². The zero-order chi connectivity index (χ0) is 13.1. The number of halogens is 1. The Bertz CT molecular complexity index is 371. The van der Waals surface area contributed by atoms with Gasteiger partial charge in [-0.1, -0.05) is 45.4 Å². The summed E-state index contributed by atoms with van der Waals surface area (Å²) in [5.41, 5.74) is 1.35. The summed E-state index contributed by atoms with van der Waals surface area (Å²) in [5.74, 6) is 0.722. The van der Waals surface area contributed by atoms with Crippen LogP contribution in [0.2, 0.25) is 5.02 Å². The molecule has 1 rings (SSSR count). The van der Waals surface area contributed by atoms with Crippen LogP contribution >= 0.6 is 11.6 Å². The molecule has 0 aliphatic rings. The van der Waals surface area contributed by atoms with Crippen LogP contribution in [0, 0.1) is 5.41 Å². The lowest BCUT2D eigenvalue weighted by molar-refractivity contribution is 0.276. The van der Waals surface area contributed by atoms with Crippen molar-refractivity contribution in [3.63, 3.8) is 0 Å². The molecule has 3 heteroatoms. The Kier molecular flexibility index (Phi) is 4.84. The summed E-state index contributed by atoms with van der Waals surface area (Å²) in [6.45, 7) is 9.71. The SMILES string of the molecule is CCNC(c1ccc(OC)c(Cl)c1)C(C)(C)C. The van der Waals surface area contributed by atoms with Gasteiger partial charge in [0.05, 0.1) is 12.1 Å². The minimum Gasteiger partial charge on any atom is -0.495 e. The largest absolute Gasteiger partial charge is 0.495 e. The maximum absolute atomic E-state index is 6.17. The van der Waals surface area contributed by atoms with Crippen LogP contribution in [0.4, 0.5) is 0 Å². The Hall–Kier alpha value is -0.730. The molecule has 0 fully saturated rings. The van der Waals surface area contributed by atoms with Gasteiger partial charge in [-0.25, -0.2) is 0 Å². The van der Waals surface area contributed by atoms with E-state index in [9.17, 15) is 0 Å². The molecular weight excluding hydrogens is 234 g/mol. The number of benzene rings is 1. The highest BCUT2D eigenvalue weighted by Gasteiger charge is 2.25. The first kappa shape index (κ1) is 14.3.